The van der Waals surface area contributed by atoms with Gasteiger partial charge in [-0.1, -0.05) is 29.7 Å². The Kier molecular flexibility index (Phi) is 2.84. The largest absolute Gasteiger partial charge is 0.462 e. The fraction of sp³-hybridized carbons (Fsp3) is 0.381. The van der Waals surface area contributed by atoms with E-state index in [9.17, 15) is 4.79 Å². The molecule has 1 atom stereocenters. The molecule has 1 aromatic heterocycles. The lowest BCUT2D eigenvalue weighted by molar-refractivity contribution is -0.146. The molecule has 1 saturated heterocycles. The van der Waals surface area contributed by atoms with Gasteiger partial charge in [0.05, 0.1) is 19.4 Å². The van der Waals surface area contributed by atoms with Gasteiger partial charge < -0.3 is 9.64 Å². The molecule has 5 heteroatoms. The summed E-state index contributed by atoms with van der Waals surface area (Å²) in [4.78, 5) is 21.9. The molecule has 2 heterocycles. The Balaban J connectivity index is 2.03. The Bertz CT molecular complexity index is 1150. The molecule has 0 N–H and O–H groups in total. The van der Waals surface area contributed by atoms with E-state index in [2.05, 4.69) is 9.83 Å². The number of ether oxygens (including phenoxy) is 1. The van der Waals surface area contributed by atoms with Crippen molar-refractivity contribution in [3.8, 4) is 5.88 Å². The van der Waals surface area contributed by atoms with E-state index < -0.39 is 54.1 Å². The Morgan fingerprint density at radius 3 is 2.85 bits per heavy atom. The lowest BCUT2D eigenvalue weighted by atomic mass is 10.0. The lowest BCUT2D eigenvalue weighted by Gasteiger charge is -2.33. The number of pyridine rings is 1. The molecular weight excluding hydrogens is 326 g/mol. The minimum atomic E-state index is -2.87. The van der Waals surface area contributed by atoms with Crippen molar-refractivity contribution in [1.29, 1.82) is 0 Å². The third-order valence-corrected chi connectivity index (χ3v) is 4.00. The normalized spacial score (nSPS) is 24.7. The second-order valence-corrected chi connectivity index (χ2v) is 6.34. The number of hydrogen-bond acceptors (Lipinski definition) is 3. The Morgan fingerprint density at radius 2 is 2.23 bits per heavy atom. The first-order valence-corrected chi connectivity index (χ1v) is 8.11. The lowest BCUT2D eigenvalue weighted by Crippen LogP contribution is -2.48. The van der Waals surface area contributed by atoms with Gasteiger partial charge in [-0.15, -0.1) is 0 Å². The number of amides is 1. The van der Waals surface area contributed by atoms with Gasteiger partial charge in [-0.2, -0.15) is 0 Å². The first-order chi connectivity index (χ1) is 15.6. The summed E-state index contributed by atoms with van der Waals surface area (Å²) in [5, 5.41) is 0. The van der Waals surface area contributed by atoms with Crippen LogP contribution in [0.3, 0.4) is 0 Å². The molecule has 1 fully saturated rings. The van der Waals surface area contributed by atoms with Crippen LogP contribution in [-0.2, 0) is 4.79 Å². The van der Waals surface area contributed by atoms with Gasteiger partial charge in [-0.3, -0.25) is 4.79 Å². The summed E-state index contributed by atoms with van der Waals surface area (Å²) < 4.78 is 70.6. The summed E-state index contributed by atoms with van der Waals surface area (Å²) in [5.41, 5.74) is -2.29. The molecular formula is C21H23N3O2. The number of benzene rings is 1. The second-order valence-electron chi connectivity index (χ2n) is 6.34. The van der Waals surface area contributed by atoms with Gasteiger partial charge in [0.1, 0.15) is 0 Å². The van der Waals surface area contributed by atoms with Crippen LogP contribution in [0.15, 0.2) is 42.5 Å². The molecule has 1 aromatic carbocycles. The summed E-state index contributed by atoms with van der Waals surface area (Å²) in [6.07, 6.45) is 1.70. The maximum absolute atomic E-state index is 13.5. The van der Waals surface area contributed by atoms with Crippen LogP contribution < -0.4 is 4.74 Å². The van der Waals surface area contributed by atoms with E-state index in [1.54, 1.807) is 0 Å². The number of carbonyl (C=O) groups is 1. The zero-order valence-corrected chi connectivity index (χ0v) is 14.5. The zero-order chi connectivity index (χ0) is 25.6. The minimum absolute atomic E-state index is 0.0382. The third kappa shape index (κ3) is 3.70. The highest BCUT2D eigenvalue weighted by atomic mass is 16.5. The van der Waals surface area contributed by atoms with Crippen LogP contribution in [0.1, 0.15) is 54.8 Å². The number of likely N-dealkylation sites (tertiary alicyclic amines) is 1. The van der Waals surface area contributed by atoms with Crippen molar-refractivity contribution in [3.05, 3.63) is 65.0 Å². The van der Waals surface area contributed by atoms with Gasteiger partial charge in [0.25, 0.3) is 5.91 Å². The predicted molar refractivity (Wildman–Crippen MR) is 100 cm³/mol. The van der Waals surface area contributed by atoms with E-state index in [0.717, 1.165) is 4.90 Å². The number of aromatic nitrogens is 1. The number of nitrogens with zero attached hydrogens (tertiary/aromatic N) is 3. The molecule has 1 aliphatic heterocycles. The third-order valence-electron chi connectivity index (χ3n) is 4.00. The average Bonchev–Trinajstić information content (AvgIpc) is 3.13. The van der Waals surface area contributed by atoms with Gasteiger partial charge in [0.15, 0.2) is 5.60 Å². The Hall–Kier alpha value is -2.87. The molecule has 0 unspecified atom stereocenters. The maximum atomic E-state index is 13.5. The van der Waals surface area contributed by atoms with Crippen LogP contribution >= 0.6 is 0 Å². The van der Waals surface area contributed by atoms with Gasteiger partial charge in [-0.25, -0.2) is 9.83 Å². The summed E-state index contributed by atoms with van der Waals surface area (Å²) in [6, 6.07) is -1.84. The minimum Gasteiger partial charge on any atom is -0.462 e. The predicted octanol–water partition coefficient (Wildman–Crippen LogP) is 4.46. The molecule has 26 heavy (non-hydrogen) atoms. The Morgan fingerprint density at radius 1 is 1.46 bits per heavy atom. The summed E-state index contributed by atoms with van der Waals surface area (Å²) >= 11 is 0. The van der Waals surface area contributed by atoms with Gasteiger partial charge >= 0.3 is 0 Å². The summed E-state index contributed by atoms with van der Waals surface area (Å²) in [7, 11) is 0. The van der Waals surface area contributed by atoms with Crippen molar-refractivity contribution in [2.24, 2.45) is 0 Å². The number of hydrogen-bond donors (Lipinski definition) is 0. The van der Waals surface area contributed by atoms with E-state index in [1.807, 2.05) is 0 Å². The number of rotatable bonds is 4. The van der Waals surface area contributed by atoms with E-state index in [1.165, 1.54) is 32.2 Å². The molecule has 0 saturated carbocycles. The van der Waals surface area contributed by atoms with Crippen molar-refractivity contribution in [2.75, 3.05) is 6.54 Å². The average molecular weight is 357 g/mol. The molecule has 0 spiro atoms. The van der Waals surface area contributed by atoms with Crippen molar-refractivity contribution >= 4 is 11.6 Å². The molecule has 0 radical (unpaired) electrons. The smallest absolute Gasteiger partial charge is 0.266 e. The van der Waals surface area contributed by atoms with Gasteiger partial charge in [0.2, 0.25) is 11.6 Å². The SMILES string of the molecule is [2H]c1c([2H])c([C@]2([2H])CCCN2C(=O)C(C)(C)Oc2ccc([N+]#[C-])cn2)c([2H])c([2H])c1C([2H])([2H])[2H]. The Labute approximate surface area is 165 Å². The van der Waals surface area contributed by atoms with Crippen molar-refractivity contribution in [3.63, 3.8) is 0 Å². The van der Waals surface area contributed by atoms with Crippen LogP contribution in [0.5, 0.6) is 5.88 Å². The van der Waals surface area contributed by atoms with Gasteiger partial charge in [-0.05, 0) is 51.2 Å². The highest BCUT2D eigenvalue weighted by Crippen LogP contribution is 2.34. The standard InChI is InChI=1S/C21H23N3O2/c1-15-7-9-16(10-8-15)18-6-5-13-24(18)20(25)21(2,3)26-19-12-11-17(22-4)14-23-19/h7-12,14,18H,5-6,13H2,1-3H3/t18-/m0/s1/i1D3,7D,8D,9D,10D,18D. The highest BCUT2D eigenvalue weighted by Gasteiger charge is 2.40. The quantitative estimate of drug-likeness (QED) is 0.759. The van der Waals surface area contributed by atoms with Crippen LogP contribution in [0.4, 0.5) is 5.69 Å². The molecule has 1 amide bonds. The molecule has 5 nitrogen and oxygen atoms in total. The summed E-state index contributed by atoms with van der Waals surface area (Å²) in [6.45, 7) is 7.18. The topological polar surface area (TPSA) is 46.8 Å². The van der Waals surface area contributed by atoms with Crippen LogP contribution in [-0.4, -0.2) is 27.9 Å². The first kappa shape index (κ1) is 10.3. The van der Waals surface area contributed by atoms with Crippen LogP contribution in [0.25, 0.3) is 4.85 Å². The molecule has 3 rings (SSSR count). The monoisotopic (exact) mass is 357 g/mol. The maximum Gasteiger partial charge on any atom is 0.266 e. The fourth-order valence-corrected chi connectivity index (χ4v) is 2.74. The molecule has 0 aliphatic carbocycles. The summed E-state index contributed by atoms with van der Waals surface area (Å²) in [5.74, 6) is -0.542. The zero-order valence-electron chi connectivity index (χ0n) is 22.5. The molecule has 1 aliphatic rings. The van der Waals surface area contributed by atoms with E-state index in [4.69, 9.17) is 22.3 Å². The van der Waals surface area contributed by atoms with Crippen molar-refractivity contribution in [2.45, 2.75) is 45.2 Å². The molecule has 2 aromatic rings. The molecule has 0 bridgehead atoms. The first-order valence-electron chi connectivity index (χ1n) is 12.1. The van der Waals surface area contributed by atoms with Gasteiger partial charge in [0, 0.05) is 16.9 Å². The second kappa shape index (κ2) is 7.17. The fourth-order valence-electron chi connectivity index (χ4n) is 2.74. The molecule has 134 valence electrons. The number of carbonyl (C=O) groups excluding carboxylic acids is 1. The van der Waals surface area contributed by atoms with E-state index in [-0.39, 0.29) is 24.4 Å². The van der Waals surface area contributed by atoms with Crippen molar-refractivity contribution < 1.29 is 20.5 Å². The van der Waals surface area contributed by atoms with E-state index in [0.29, 0.717) is 12.1 Å². The van der Waals surface area contributed by atoms with Crippen LogP contribution in [0.2, 0.25) is 0 Å². The highest BCUT2D eigenvalue weighted by molar-refractivity contribution is 5.85. The van der Waals surface area contributed by atoms with Crippen molar-refractivity contribution in [1.82, 2.24) is 9.88 Å². The van der Waals surface area contributed by atoms with E-state index >= 15 is 0 Å². The van der Waals surface area contributed by atoms with Crippen LogP contribution in [0, 0.1) is 13.4 Å².